The van der Waals surface area contributed by atoms with Crippen molar-refractivity contribution in [2.75, 3.05) is 31.2 Å². The third-order valence-electron chi connectivity index (χ3n) is 3.36. The van der Waals surface area contributed by atoms with E-state index in [4.69, 9.17) is 15.2 Å². The second-order valence-electron chi connectivity index (χ2n) is 5.35. The normalized spacial score (nSPS) is 16.9. The van der Waals surface area contributed by atoms with Crippen molar-refractivity contribution in [1.29, 1.82) is 0 Å². The lowest BCUT2D eigenvalue weighted by Crippen LogP contribution is -2.37. The average molecular weight is 294 g/mol. The largest absolute Gasteiger partial charge is 0.458 e. The molecule has 0 unspecified atom stereocenters. The molecule has 1 saturated heterocycles. The molecule has 0 spiro atoms. The number of hydrogen-bond acceptors (Lipinski definition) is 7. The zero-order chi connectivity index (χ0) is 15.2. The quantitative estimate of drug-likeness (QED) is 0.783. The van der Waals surface area contributed by atoms with Crippen LogP contribution in [0.15, 0.2) is 12.4 Å². The van der Waals surface area contributed by atoms with Gasteiger partial charge in [-0.05, 0) is 5.92 Å². The van der Waals surface area contributed by atoms with E-state index in [9.17, 15) is 4.79 Å². The molecule has 1 aliphatic rings. The van der Waals surface area contributed by atoms with Gasteiger partial charge in [-0.2, -0.15) is 0 Å². The maximum absolute atomic E-state index is 11.7. The number of rotatable bonds is 5. The molecule has 1 aliphatic heterocycles. The topological polar surface area (TPSA) is 90.6 Å². The van der Waals surface area contributed by atoms with Crippen molar-refractivity contribution in [2.24, 2.45) is 11.7 Å². The fraction of sp³-hybridized carbons (Fsp3) is 0.643. The van der Waals surface area contributed by atoms with E-state index in [2.05, 4.69) is 14.9 Å². The second-order valence-corrected chi connectivity index (χ2v) is 5.35. The van der Waals surface area contributed by atoms with Crippen molar-refractivity contribution in [2.45, 2.75) is 26.5 Å². The standard InChI is InChI=1S/C14H22N4O3/c1-10(2)13(15)14(19)21-9-11-7-16-8-12(17-11)18-3-5-20-6-4-18/h7-8,10,13H,3-6,9,15H2,1-2H3/t13-/m0/s1. The molecule has 1 atom stereocenters. The van der Waals surface area contributed by atoms with E-state index >= 15 is 0 Å². The van der Waals surface area contributed by atoms with Gasteiger partial charge in [-0.1, -0.05) is 13.8 Å². The lowest BCUT2D eigenvalue weighted by Gasteiger charge is -2.27. The highest BCUT2D eigenvalue weighted by molar-refractivity contribution is 5.75. The smallest absolute Gasteiger partial charge is 0.323 e. The minimum absolute atomic E-state index is 0.0447. The first-order valence-electron chi connectivity index (χ1n) is 7.13. The lowest BCUT2D eigenvalue weighted by molar-refractivity contribution is -0.147. The molecule has 1 aromatic heterocycles. The summed E-state index contributed by atoms with van der Waals surface area (Å²) in [6.45, 7) is 6.79. The molecule has 0 radical (unpaired) electrons. The van der Waals surface area contributed by atoms with Gasteiger partial charge in [0.2, 0.25) is 0 Å². The summed E-state index contributed by atoms with van der Waals surface area (Å²) in [5.74, 6) is 0.409. The van der Waals surface area contributed by atoms with Gasteiger partial charge in [-0.15, -0.1) is 0 Å². The summed E-state index contributed by atoms with van der Waals surface area (Å²) >= 11 is 0. The lowest BCUT2D eigenvalue weighted by atomic mass is 10.1. The SMILES string of the molecule is CC(C)[C@H](N)C(=O)OCc1cncc(N2CCOCC2)n1. The molecule has 1 aromatic rings. The second kappa shape index (κ2) is 7.33. The average Bonchev–Trinajstić information content (AvgIpc) is 2.53. The summed E-state index contributed by atoms with van der Waals surface area (Å²) < 4.78 is 10.5. The van der Waals surface area contributed by atoms with Gasteiger partial charge >= 0.3 is 5.97 Å². The highest BCUT2D eigenvalue weighted by atomic mass is 16.5. The van der Waals surface area contributed by atoms with Crippen LogP contribution in [-0.2, 0) is 20.9 Å². The maximum Gasteiger partial charge on any atom is 0.323 e. The number of aromatic nitrogens is 2. The van der Waals surface area contributed by atoms with Crippen LogP contribution >= 0.6 is 0 Å². The van der Waals surface area contributed by atoms with Crippen LogP contribution in [0.1, 0.15) is 19.5 Å². The highest BCUT2D eigenvalue weighted by Gasteiger charge is 2.19. The van der Waals surface area contributed by atoms with Crippen LogP contribution in [0.25, 0.3) is 0 Å². The minimum atomic E-state index is -0.611. The molecule has 0 aromatic carbocycles. The number of hydrogen-bond donors (Lipinski definition) is 1. The van der Waals surface area contributed by atoms with Gasteiger partial charge < -0.3 is 20.1 Å². The van der Waals surface area contributed by atoms with Crippen LogP contribution in [0.2, 0.25) is 0 Å². The fourth-order valence-corrected chi connectivity index (χ4v) is 1.92. The molecule has 2 heterocycles. The zero-order valence-electron chi connectivity index (χ0n) is 12.5. The van der Waals surface area contributed by atoms with E-state index in [1.165, 1.54) is 0 Å². The first-order valence-corrected chi connectivity index (χ1v) is 7.13. The molecule has 1 fully saturated rings. The molecule has 21 heavy (non-hydrogen) atoms. The third kappa shape index (κ3) is 4.37. The predicted molar refractivity (Wildman–Crippen MR) is 77.7 cm³/mol. The number of carbonyl (C=O) groups is 1. The number of anilines is 1. The molecular formula is C14H22N4O3. The van der Waals surface area contributed by atoms with Gasteiger partial charge in [0.05, 0.1) is 31.3 Å². The number of ether oxygens (including phenoxy) is 2. The Morgan fingerprint density at radius 1 is 1.43 bits per heavy atom. The minimum Gasteiger partial charge on any atom is -0.458 e. The molecule has 116 valence electrons. The number of carbonyl (C=O) groups excluding carboxylic acids is 1. The summed E-state index contributed by atoms with van der Waals surface area (Å²) in [4.78, 5) is 22.4. The van der Waals surface area contributed by atoms with Crippen LogP contribution in [0.4, 0.5) is 5.82 Å². The van der Waals surface area contributed by atoms with E-state index in [0.717, 1.165) is 18.9 Å². The van der Waals surface area contributed by atoms with Gasteiger partial charge in [0, 0.05) is 13.1 Å². The summed E-state index contributed by atoms with van der Waals surface area (Å²) in [5.41, 5.74) is 6.35. The number of esters is 1. The summed E-state index contributed by atoms with van der Waals surface area (Å²) in [6, 6.07) is -0.611. The molecule has 2 N–H and O–H groups in total. The Bertz CT molecular complexity index is 475. The Kier molecular flexibility index (Phi) is 5.46. The molecule has 7 nitrogen and oxygen atoms in total. The molecule has 7 heteroatoms. The van der Waals surface area contributed by atoms with Gasteiger partial charge in [0.1, 0.15) is 18.5 Å². The van der Waals surface area contributed by atoms with E-state index < -0.39 is 12.0 Å². The van der Waals surface area contributed by atoms with E-state index in [1.807, 2.05) is 13.8 Å². The van der Waals surface area contributed by atoms with E-state index in [0.29, 0.717) is 18.9 Å². The Morgan fingerprint density at radius 2 is 2.14 bits per heavy atom. The number of morpholine rings is 1. The summed E-state index contributed by atoms with van der Waals surface area (Å²) in [6.07, 6.45) is 3.30. The van der Waals surface area contributed by atoms with E-state index in [-0.39, 0.29) is 12.5 Å². The first-order chi connectivity index (χ1) is 10.1. The Hall–Kier alpha value is -1.73. The van der Waals surface area contributed by atoms with Crippen molar-refractivity contribution in [3.8, 4) is 0 Å². The molecule has 0 bridgehead atoms. The number of nitrogens with zero attached hydrogens (tertiary/aromatic N) is 3. The van der Waals surface area contributed by atoms with E-state index in [1.54, 1.807) is 12.4 Å². The zero-order valence-corrected chi connectivity index (χ0v) is 12.5. The Labute approximate surface area is 124 Å². The van der Waals surface area contributed by atoms with Crippen LogP contribution in [0.3, 0.4) is 0 Å². The van der Waals surface area contributed by atoms with Crippen molar-refractivity contribution in [3.05, 3.63) is 18.1 Å². The van der Waals surface area contributed by atoms with Gasteiger partial charge in [0.25, 0.3) is 0 Å². The molecular weight excluding hydrogens is 272 g/mol. The van der Waals surface area contributed by atoms with Crippen LogP contribution in [-0.4, -0.2) is 48.3 Å². The van der Waals surface area contributed by atoms with Crippen molar-refractivity contribution < 1.29 is 14.3 Å². The fourth-order valence-electron chi connectivity index (χ4n) is 1.92. The van der Waals surface area contributed by atoms with Crippen molar-refractivity contribution in [3.63, 3.8) is 0 Å². The molecule has 0 aliphatic carbocycles. The first kappa shape index (κ1) is 15.7. The monoisotopic (exact) mass is 294 g/mol. The van der Waals surface area contributed by atoms with Crippen LogP contribution in [0, 0.1) is 5.92 Å². The maximum atomic E-state index is 11.7. The van der Waals surface area contributed by atoms with Gasteiger partial charge in [0.15, 0.2) is 0 Å². The summed E-state index contributed by atoms with van der Waals surface area (Å²) in [7, 11) is 0. The van der Waals surface area contributed by atoms with Crippen molar-refractivity contribution >= 4 is 11.8 Å². The van der Waals surface area contributed by atoms with Crippen LogP contribution in [0.5, 0.6) is 0 Å². The summed E-state index contributed by atoms with van der Waals surface area (Å²) in [5, 5.41) is 0. The predicted octanol–water partition coefficient (Wildman–Crippen LogP) is 0.340. The molecule has 0 saturated carbocycles. The molecule has 2 rings (SSSR count). The van der Waals surface area contributed by atoms with Gasteiger partial charge in [-0.25, -0.2) is 4.98 Å². The van der Waals surface area contributed by atoms with Crippen LogP contribution < -0.4 is 10.6 Å². The number of nitrogens with two attached hydrogens (primary N) is 1. The third-order valence-corrected chi connectivity index (χ3v) is 3.36. The highest BCUT2D eigenvalue weighted by Crippen LogP contribution is 2.12. The Morgan fingerprint density at radius 3 is 2.81 bits per heavy atom. The Balaban J connectivity index is 1.93. The molecule has 0 amide bonds. The van der Waals surface area contributed by atoms with Gasteiger partial charge in [-0.3, -0.25) is 9.78 Å². The van der Waals surface area contributed by atoms with Crippen molar-refractivity contribution in [1.82, 2.24) is 9.97 Å².